The predicted octanol–water partition coefficient (Wildman–Crippen LogP) is 4.26. The molecule has 2 N–H and O–H groups in total. The van der Waals surface area contributed by atoms with E-state index in [2.05, 4.69) is 31.0 Å². The summed E-state index contributed by atoms with van der Waals surface area (Å²) in [5.74, 6) is -0.445. The molecule has 0 radical (unpaired) electrons. The third kappa shape index (κ3) is 4.22. The number of benzene rings is 2. The second-order valence-corrected chi connectivity index (χ2v) is 7.82. The van der Waals surface area contributed by atoms with Crippen LogP contribution >= 0.6 is 15.9 Å². The molecule has 0 saturated carbocycles. The standard InChI is InChI=1S/C21H19BrN4O3/c22-14-6-3-5-13(11-14)17-12-18(21-23-15-7-1-2-8-16(15)24-21)26(25-17)19(27)9-4-10-20(28)29/h1-3,5-8,11,18H,4,9-10,12H2,(H,23,24)(H,28,29)/t18-/m1/s1. The number of hydrazone groups is 1. The number of rotatable bonds is 6. The third-order valence-corrected chi connectivity index (χ3v) is 5.32. The van der Waals surface area contributed by atoms with E-state index in [4.69, 9.17) is 5.11 Å². The molecule has 2 heterocycles. The van der Waals surface area contributed by atoms with Crippen LogP contribution in [0.25, 0.3) is 11.0 Å². The van der Waals surface area contributed by atoms with Crippen molar-refractivity contribution in [3.63, 3.8) is 0 Å². The van der Waals surface area contributed by atoms with Crippen molar-refractivity contribution in [2.45, 2.75) is 31.7 Å². The molecule has 7 nitrogen and oxygen atoms in total. The number of H-pyrrole nitrogens is 1. The Morgan fingerprint density at radius 1 is 1.17 bits per heavy atom. The van der Waals surface area contributed by atoms with Crippen molar-refractivity contribution in [3.05, 3.63) is 64.4 Å². The molecule has 0 saturated heterocycles. The molecule has 148 valence electrons. The molecule has 0 bridgehead atoms. The van der Waals surface area contributed by atoms with Crippen LogP contribution < -0.4 is 0 Å². The van der Waals surface area contributed by atoms with Crippen molar-refractivity contribution in [2.75, 3.05) is 0 Å². The van der Waals surface area contributed by atoms with Crippen LogP contribution in [0.2, 0.25) is 0 Å². The van der Waals surface area contributed by atoms with Gasteiger partial charge in [0.2, 0.25) is 5.91 Å². The number of carbonyl (C=O) groups is 2. The molecule has 2 aromatic carbocycles. The van der Waals surface area contributed by atoms with Crippen LogP contribution in [-0.4, -0.2) is 37.7 Å². The predicted molar refractivity (Wildman–Crippen MR) is 112 cm³/mol. The van der Waals surface area contributed by atoms with Crippen molar-refractivity contribution in [2.24, 2.45) is 5.10 Å². The van der Waals surface area contributed by atoms with E-state index in [9.17, 15) is 9.59 Å². The van der Waals surface area contributed by atoms with E-state index < -0.39 is 5.97 Å². The highest BCUT2D eigenvalue weighted by molar-refractivity contribution is 9.10. The van der Waals surface area contributed by atoms with Gasteiger partial charge in [0.25, 0.3) is 0 Å². The maximum atomic E-state index is 12.8. The van der Waals surface area contributed by atoms with Gasteiger partial charge in [-0.05, 0) is 36.2 Å². The fraction of sp³-hybridized carbons (Fsp3) is 0.238. The van der Waals surface area contributed by atoms with Gasteiger partial charge in [0.15, 0.2) is 0 Å². The second kappa shape index (κ2) is 8.16. The number of nitrogens with one attached hydrogen (secondary N) is 1. The zero-order chi connectivity index (χ0) is 20.4. The number of carboxylic acids is 1. The summed E-state index contributed by atoms with van der Waals surface area (Å²) in [4.78, 5) is 31.6. The normalized spacial score (nSPS) is 16.2. The molecule has 0 spiro atoms. The Kier molecular flexibility index (Phi) is 5.44. The lowest BCUT2D eigenvalue weighted by atomic mass is 10.0. The van der Waals surface area contributed by atoms with Crippen LogP contribution in [0.3, 0.4) is 0 Å². The van der Waals surface area contributed by atoms with Crippen LogP contribution in [0.15, 0.2) is 58.1 Å². The summed E-state index contributed by atoms with van der Waals surface area (Å²) in [6.45, 7) is 0. The highest BCUT2D eigenvalue weighted by atomic mass is 79.9. The van der Waals surface area contributed by atoms with E-state index in [0.29, 0.717) is 12.2 Å². The summed E-state index contributed by atoms with van der Waals surface area (Å²) >= 11 is 3.47. The van der Waals surface area contributed by atoms with E-state index >= 15 is 0 Å². The molecule has 1 amide bonds. The van der Waals surface area contributed by atoms with Gasteiger partial charge in [-0.3, -0.25) is 9.59 Å². The average molecular weight is 455 g/mol. The SMILES string of the molecule is O=C(O)CCCC(=O)N1N=C(c2cccc(Br)c2)C[C@@H]1c1nc2ccccc2[nH]1. The van der Waals surface area contributed by atoms with Gasteiger partial charge in [-0.2, -0.15) is 5.10 Å². The minimum atomic E-state index is -0.911. The van der Waals surface area contributed by atoms with E-state index in [1.165, 1.54) is 5.01 Å². The minimum absolute atomic E-state index is 0.0446. The first-order chi connectivity index (χ1) is 14.0. The van der Waals surface area contributed by atoms with Crippen LogP contribution in [0.4, 0.5) is 0 Å². The van der Waals surface area contributed by atoms with Crippen molar-refractivity contribution < 1.29 is 14.7 Å². The Morgan fingerprint density at radius 3 is 2.76 bits per heavy atom. The number of fused-ring (bicyclic) bond motifs is 1. The molecule has 1 aromatic heterocycles. The van der Waals surface area contributed by atoms with Gasteiger partial charge < -0.3 is 10.1 Å². The number of amides is 1. The summed E-state index contributed by atoms with van der Waals surface area (Å²) in [5.41, 5.74) is 3.46. The van der Waals surface area contributed by atoms with Gasteiger partial charge in [-0.15, -0.1) is 0 Å². The van der Waals surface area contributed by atoms with Crippen molar-refractivity contribution in [3.8, 4) is 0 Å². The lowest BCUT2D eigenvalue weighted by Gasteiger charge is -2.19. The first kappa shape index (κ1) is 19.3. The molecule has 0 aliphatic carbocycles. The van der Waals surface area contributed by atoms with Crippen molar-refractivity contribution in [1.82, 2.24) is 15.0 Å². The van der Waals surface area contributed by atoms with Crippen LogP contribution in [0, 0.1) is 0 Å². The van der Waals surface area contributed by atoms with Gasteiger partial charge in [-0.25, -0.2) is 9.99 Å². The van der Waals surface area contributed by atoms with Crippen molar-refractivity contribution in [1.29, 1.82) is 0 Å². The number of hydrogen-bond acceptors (Lipinski definition) is 4. The van der Waals surface area contributed by atoms with E-state index in [-0.39, 0.29) is 31.2 Å². The molecule has 0 fully saturated rings. The molecule has 1 aliphatic heterocycles. The Hall–Kier alpha value is -3.00. The zero-order valence-corrected chi connectivity index (χ0v) is 17.1. The summed E-state index contributed by atoms with van der Waals surface area (Å²) in [6.07, 6.45) is 0.885. The first-order valence-electron chi connectivity index (χ1n) is 9.33. The fourth-order valence-electron chi connectivity index (χ4n) is 3.43. The Morgan fingerprint density at radius 2 is 2.00 bits per heavy atom. The zero-order valence-electron chi connectivity index (χ0n) is 15.5. The maximum absolute atomic E-state index is 12.8. The number of aromatic nitrogens is 2. The molecular formula is C21H19BrN4O3. The van der Waals surface area contributed by atoms with E-state index in [1.54, 1.807) is 0 Å². The number of hydrogen-bond donors (Lipinski definition) is 2. The Balaban J connectivity index is 1.64. The number of carbonyl (C=O) groups excluding carboxylic acids is 1. The number of imidazole rings is 1. The monoisotopic (exact) mass is 454 g/mol. The summed E-state index contributed by atoms with van der Waals surface area (Å²) < 4.78 is 0.934. The first-order valence-corrected chi connectivity index (χ1v) is 10.1. The number of halogens is 1. The number of carboxylic acid groups (broad SMARTS) is 1. The highest BCUT2D eigenvalue weighted by Crippen LogP contribution is 2.33. The topological polar surface area (TPSA) is 98.7 Å². The molecule has 3 aromatic rings. The molecule has 29 heavy (non-hydrogen) atoms. The van der Waals surface area contributed by atoms with E-state index in [0.717, 1.165) is 26.8 Å². The Bertz CT molecular complexity index is 1080. The van der Waals surface area contributed by atoms with Crippen molar-refractivity contribution >= 4 is 44.6 Å². The molecule has 0 unspecified atom stereocenters. The molecule has 8 heteroatoms. The largest absolute Gasteiger partial charge is 0.481 e. The maximum Gasteiger partial charge on any atom is 0.303 e. The molecule has 1 aliphatic rings. The quantitative estimate of drug-likeness (QED) is 0.581. The van der Waals surface area contributed by atoms with Gasteiger partial charge >= 0.3 is 5.97 Å². The summed E-state index contributed by atoms with van der Waals surface area (Å²) in [7, 11) is 0. The minimum Gasteiger partial charge on any atom is -0.481 e. The van der Waals surface area contributed by atoms with Crippen LogP contribution in [-0.2, 0) is 9.59 Å². The van der Waals surface area contributed by atoms with Crippen LogP contribution in [0.1, 0.15) is 43.1 Å². The van der Waals surface area contributed by atoms with Gasteiger partial charge in [0.1, 0.15) is 11.9 Å². The number of para-hydroxylation sites is 2. The van der Waals surface area contributed by atoms with Gasteiger partial charge in [-0.1, -0.05) is 40.2 Å². The van der Waals surface area contributed by atoms with Crippen LogP contribution in [0.5, 0.6) is 0 Å². The molecule has 1 atom stereocenters. The van der Waals surface area contributed by atoms with E-state index in [1.807, 2.05) is 48.5 Å². The van der Waals surface area contributed by atoms with Gasteiger partial charge in [0, 0.05) is 23.7 Å². The lowest BCUT2D eigenvalue weighted by molar-refractivity contribution is -0.137. The molecule has 4 rings (SSSR count). The summed E-state index contributed by atoms with van der Waals surface area (Å²) in [6, 6.07) is 15.1. The lowest BCUT2D eigenvalue weighted by Crippen LogP contribution is -2.27. The number of aliphatic carboxylic acids is 1. The average Bonchev–Trinajstić information content (AvgIpc) is 3.32. The molecular weight excluding hydrogens is 436 g/mol. The third-order valence-electron chi connectivity index (χ3n) is 4.83. The highest BCUT2D eigenvalue weighted by Gasteiger charge is 2.35. The Labute approximate surface area is 175 Å². The fourth-order valence-corrected chi connectivity index (χ4v) is 3.83. The summed E-state index contributed by atoms with van der Waals surface area (Å²) in [5, 5.41) is 14.9. The number of aromatic amines is 1. The second-order valence-electron chi connectivity index (χ2n) is 6.90. The smallest absolute Gasteiger partial charge is 0.303 e. The van der Waals surface area contributed by atoms with Gasteiger partial charge in [0.05, 0.1) is 16.7 Å². The number of nitrogens with zero attached hydrogens (tertiary/aromatic N) is 3.